The maximum atomic E-state index is 9.91. The predicted octanol–water partition coefficient (Wildman–Crippen LogP) is 2.84. The predicted molar refractivity (Wildman–Crippen MR) is 65.3 cm³/mol. The highest BCUT2D eigenvalue weighted by atomic mass is 79.9. The van der Waals surface area contributed by atoms with Crippen LogP contribution in [0.1, 0.15) is 17.7 Å². The van der Waals surface area contributed by atoms with Crippen LogP contribution in [0, 0.1) is 5.92 Å². The van der Waals surface area contributed by atoms with E-state index < -0.39 is 0 Å². The lowest BCUT2D eigenvalue weighted by atomic mass is 9.99. The normalized spacial score (nSPS) is 23.2. The molecule has 1 saturated heterocycles. The number of aliphatic hydroxyl groups excluding tert-OH is 1. The van der Waals surface area contributed by atoms with Crippen molar-refractivity contribution in [3.8, 4) is 0 Å². The molecule has 0 amide bonds. The van der Waals surface area contributed by atoms with Gasteiger partial charge in [-0.05, 0) is 46.8 Å². The summed E-state index contributed by atoms with van der Waals surface area (Å²) in [6.07, 6.45) is 2.52. The Kier molecular flexibility index (Phi) is 4.20. The summed E-state index contributed by atoms with van der Waals surface area (Å²) in [5.41, 5.74) is 0. The standard InChI is InChI=1S/C11H15BrO2S/c12-11-2-1-10(15-11)6-9(13)5-8-3-4-14-7-8/h1-2,8-9,13H,3-7H2. The zero-order valence-electron chi connectivity index (χ0n) is 8.49. The minimum atomic E-state index is -0.220. The van der Waals surface area contributed by atoms with Gasteiger partial charge in [0.1, 0.15) is 0 Å². The molecule has 2 unspecified atom stereocenters. The van der Waals surface area contributed by atoms with Crippen molar-refractivity contribution in [2.24, 2.45) is 5.92 Å². The summed E-state index contributed by atoms with van der Waals surface area (Å²) < 4.78 is 6.43. The van der Waals surface area contributed by atoms with Crippen LogP contribution in [-0.2, 0) is 11.2 Å². The molecular weight excluding hydrogens is 276 g/mol. The summed E-state index contributed by atoms with van der Waals surface area (Å²) in [6.45, 7) is 1.69. The van der Waals surface area contributed by atoms with Crippen LogP contribution in [0.2, 0.25) is 0 Å². The van der Waals surface area contributed by atoms with Gasteiger partial charge in [0.2, 0.25) is 0 Å². The molecule has 1 aromatic heterocycles. The summed E-state index contributed by atoms with van der Waals surface area (Å²) in [5, 5.41) is 9.91. The molecular formula is C11H15BrO2S. The van der Waals surface area contributed by atoms with E-state index in [2.05, 4.69) is 22.0 Å². The number of hydrogen-bond acceptors (Lipinski definition) is 3. The highest BCUT2D eigenvalue weighted by Gasteiger charge is 2.19. The second kappa shape index (κ2) is 5.43. The van der Waals surface area contributed by atoms with Crippen LogP contribution < -0.4 is 0 Å². The average molecular weight is 291 g/mol. The van der Waals surface area contributed by atoms with Gasteiger partial charge in [-0.2, -0.15) is 0 Å². The molecule has 0 aromatic carbocycles. The number of thiophene rings is 1. The van der Waals surface area contributed by atoms with E-state index in [-0.39, 0.29) is 6.10 Å². The monoisotopic (exact) mass is 290 g/mol. The SMILES string of the molecule is OC(Cc1ccc(Br)s1)CC1CCOC1. The minimum absolute atomic E-state index is 0.220. The molecule has 0 radical (unpaired) electrons. The molecule has 15 heavy (non-hydrogen) atoms. The molecule has 2 atom stereocenters. The summed E-state index contributed by atoms with van der Waals surface area (Å²) >= 11 is 5.13. The highest BCUT2D eigenvalue weighted by molar-refractivity contribution is 9.11. The van der Waals surface area contributed by atoms with E-state index in [0.717, 1.165) is 36.3 Å². The largest absolute Gasteiger partial charge is 0.393 e. The Balaban J connectivity index is 1.78. The Morgan fingerprint density at radius 2 is 2.47 bits per heavy atom. The molecule has 2 heterocycles. The summed E-state index contributed by atoms with van der Waals surface area (Å²) in [4.78, 5) is 1.24. The molecule has 1 aromatic rings. The first-order valence-electron chi connectivity index (χ1n) is 5.24. The van der Waals surface area contributed by atoms with Crippen LogP contribution in [0.25, 0.3) is 0 Å². The van der Waals surface area contributed by atoms with Gasteiger partial charge in [0.25, 0.3) is 0 Å². The molecule has 0 saturated carbocycles. The highest BCUT2D eigenvalue weighted by Crippen LogP contribution is 2.25. The van der Waals surface area contributed by atoms with Crippen LogP contribution in [-0.4, -0.2) is 24.4 Å². The molecule has 0 bridgehead atoms. The molecule has 1 aliphatic heterocycles. The van der Waals surface area contributed by atoms with Gasteiger partial charge in [-0.25, -0.2) is 0 Å². The van der Waals surface area contributed by atoms with Crippen molar-refractivity contribution in [3.05, 3.63) is 20.8 Å². The van der Waals surface area contributed by atoms with Crippen molar-refractivity contribution in [1.82, 2.24) is 0 Å². The van der Waals surface area contributed by atoms with E-state index in [0.29, 0.717) is 5.92 Å². The maximum absolute atomic E-state index is 9.91. The zero-order valence-corrected chi connectivity index (χ0v) is 10.9. The molecule has 0 aliphatic carbocycles. The smallest absolute Gasteiger partial charge is 0.0701 e. The fraction of sp³-hybridized carbons (Fsp3) is 0.636. The van der Waals surface area contributed by atoms with Crippen LogP contribution in [0.3, 0.4) is 0 Å². The number of aliphatic hydroxyl groups is 1. The molecule has 0 spiro atoms. The van der Waals surface area contributed by atoms with Crippen molar-refractivity contribution in [2.45, 2.75) is 25.4 Å². The molecule has 84 valence electrons. The molecule has 2 nitrogen and oxygen atoms in total. The fourth-order valence-corrected chi connectivity index (χ4v) is 3.49. The van der Waals surface area contributed by atoms with Crippen LogP contribution in [0.5, 0.6) is 0 Å². The first kappa shape index (κ1) is 11.6. The van der Waals surface area contributed by atoms with E-state index in [9.17, 15) is 5.11 Å². The van der Waals surface area contributed by atoms with E-state index in [1.165, 1.54) is 4.88 Å². The third kappa shape index (κ3) is 3.55. The topological polar surface area (TPSA) is 29.5 Å². The van der Waals surface area contributed by atoms with E-state index >= 15 is 0 Å². The zero-order chi connectivity index (χ0) is 10.7. The van der Waals surface area contributed by atoms with Gasteiger partial charge in [0.15, 0.2) is 0 Å². The maximum Gasteiger partial charge on any atom is 0.0701 e. The number of hydrogen-bond donors (Lipinski definition) is 1. The van der Waals surface area contributed by atoms with Crippen molar-refractivity contribution in [1.29, 1.82) is 0 Å². The van der Waals surface area contributed by atoms with Crippen LogP contribution in [0.4, 0.5) is 0 Å². The van der Waals surface area contributed by atoms with Crippen molar-refractivity contribution < 1.29 is 9.84 Å². The average Bonchev–Trinajstić information content (AvgIpc) is 2.77. The van der Waals surface area contributed by atoms with Gasteiger partial charge < -0.3 is 9.84 Å². The van der Waals surface area contributed by atoms with E-state index in [1.54, 1.807) is 11.3 Å². The summed E-state index contributed by atoms with van der Waals surface area (Å²) in [7, 11) is 0. The second-order valence-corrected chi connectivity index (χ2v) is 6.58. The second-order valence-electron chi connectivity index (χ2n) is 4.03. The van der Waals surface area contributed by atoms with Crippen molar-refractivity contribution >= 4 is 27.3 Å². The molecule has 1 N–H and O–H groups in total. The lowest BCUT2D eigenvalue weighted by Gasteiger charge is -2.13. The van der Waals surface area contributed by atoms with Gasteiger partial charge in [0, 0.05) is 24.5 Å². The molecule has 2 rings (SSSR count). The van der Waals surface area contributed by atoms with Gasteiger partial charge in [-0.3, -0.25) is 0 Å². The number of halogens is 1. The van der Waals surface area contributed by atoms with E-state index in [4.69, 9.17) is 4.74 Å². The fourth-order valence-electron chi connectivity index (χ4n) is 1.93. The lowest BCUT2D eigenvalue weighted by Crippen LogP contribution is -2.15. The number of rotatable bonds is 4. The first-order chi connectivity index (χ1) is 7.24. The Morgan fingerprint density at radius 1 is 1.60 bits per heavy atom. The Bertz CT molecular complexity index is 307. The van der Waals surface area contributed by atoms with Crippen LogP contribution >= 0.6 is 27.3 Å². The third-order valence-electron chi connectivity index (χ3n) is 2.70. The minimum Gasteiger partial charge on any atom is -0.393 e. The van der Waals surface area contributed by atoms with Gasteiger partial charge in [-0.1, -0.05) is 0 Å². The Labute approximate surface area is 102 Å². The van der Waals surface area contributed by atoms with Crippen molar-refractivity contribution in [2.75, 3.05) is 13.2 Å². The lowest BCUT2D eigenvalue weighted by molar-refractivity contribution is 0.129. The Morgan fingerprint density at radius 3 is 3.07 bits per heavy atom. The molecule has 1 aliphatic rings. The van der Waals surface area contributed by atoms with Crippen LogP contribution in [0.15, 0.2) is 15.9 Å². The van der Waals surface area contributed by atoms with E-state index in [1.807, 2.05) is 6.07 Å². The van der Waals surface area contributed by atoms with Crippen molar-refractivity contribution in [3.63, 3.8) is 0 Å². The van der Waals surface area contributed by atoms with Gasteiger partial charge in [0.05, 0.1) is 9.89 Å². The molecule has 1 fully saturated rings. The number of ether oxygens (including phenoxy) is 1. The van der Waals surface area contributed by atoms with Gasteiger partial charge >= 0.3 is 0 Å². The Hall–Kier alpha value is 0.1000. The summed E-state index contributed by atoms with van der Waals surface area (Å²) in [5.74, 6) is 0.559. The molecule has 4 heteroatoms. The first-order valence-corrected chi connectivity index (χ1v) is 6.85. The summed E-state index contributed by atoms with van der Waals surface area (Å²) in [6, 6.07) is 4.11. The van der Waals surface area contributed by atoms with Gasteiger partial charge in [-0.15, -0.1) is 11.3 Å². The quantitative estimate of drug-likeness (QED) is 0.924. The third-order valence-corrected chi connectivity index (χ3v) is 4.34.